The molecule has 0 aliphatic rings. The van der Waals surface area contributed by atoms with Crippen molar-refractivity contribution in [2.45, 2.75) is 19.4 Å². The third-order valence-electron chi connectivity index (χ3n) is 2.50. The fourth-order valence-electron chi connectivity index (χ4n) is 1.68. The van der Waals surface area contributed by atoms with Crippen molar-refractivity contribution in [3.05, 3.63) is 28.5 Å². The summed E-state index contributed by atoms with van der Waals surface area (Å²) < 4.78 is 5.82. The van der Waals surface area contributed by atoms with Crippen LogP contribution in [0.25, 0.3) is 0 Å². The van der Waals surface area contributed by atoms with Gasteiger partial charge in [0.15, 0.2) is 0 Å². The highest BCUT2D eigenvalue weighted by molar-refractivity contribution is 7.05. The lowest BCUT2D eigenvalue weighted by Crippen LogP contribution is -2.18. The number of hydrogen-bond donors (Lipinski definition) is 1. The van der Waals surface area contributed by atoms with Crippen LogP contribution in [0.2, 0.25) is 0 Å². The highest BCUT2D eigenvalue weighted by Crippen LogP contribution is 2.25. The van der Waals surface area contributed by atoms with E-state index in [0.717, 1.165) is 22.7 Å². The van der Waals surface area contributed by atoms with Crippen molar-refractivity contribution in [3.8, 4) is 0 Å². The van der Waals surface area contributed by atoms with Crippen LogP contribution >= 0.6 is 11.5 Å². The average molecular weight is 237 g/mol. The Labute approximate surface area is 98.7 Å². The van der Waals surface area contributed by atoms with Crippen molar-refractivity contribution < 1.29 is 0 Å². The van der Waals surface area contributed by atoms with Gasteiger partial charge in [-0.1, -0.05) is 11.4 Å². The highest BCUT2D eigenvalue weighted by atomic mass is 32.1. The molecular weight excluding hydrogens is 222 g/mol. The number of rotatable bonds is 4. The molecule has 0 saturated heterocycles. The van der Waals surface area contributed by atoms with Gasteiger partial charge < -0.3 is 5.32 Å². The lowest BCUT2D eigenvalue weighted by Gasteiger charge is -2.12. The van der Waals surface area contributed by atoms with Gasteiger partial charge in [0.1, 0.15) is 0 Å². The maximum absolute atomic E-state index is 4.42. The molecule has 2 rings (SSSR count). The van der Waals surface area contributed by atoms with Crippen LogP contribution in [0.3, 0.4) is 0 Å². The minimum Gasteiger partial charge on any atom is -0.307 e. The first-order valence-corrected chi connectivity index (χ1v) is 6.01. The van der Waals surface area contributed by atoms with E-state index in [1.54, 1.807) is 4.68 Å². The maximum Gasteiger partial charge on any atom is 0.0896 e. The van der Waals surface area contributed by atoms with E-state index >= 15 is 0 Å². The smallest absolute Gasteiger partial charge is 0.0896 e. The van der Waals surface area contributed by atoms with Crippen molar-refractivity contribution in [2.75, 3.05) is 7.05 Å². The minimum atomic E-state index is 0.0937. The van der Waals surface area contributed by atoms with E-state index in [2.05, 4.69) is 26.9 Å². The summed E-state index contributed by atoms with van der Waals surface area (Å²) in [4.78, 5) is 1.16. The summed E-state index contributed by atoms with van der Waals surface area (Å²) in [7, 11) is 3.85. The Balaban J connectivity index is 2.36. The normalized spacial score (nSPS) is 12.9. The lowest BCUT2D eigenvalue weighted by atomic mass is 10.1. The second-order valence-corrected chi connectivity index (χ2v) is 4.36. The molecule has 0 bridgehead atoms. The zero-order chi connectivity index (χ0) is 11.5. The van der Waals surface area contributed by atoms with Crippen molar-refractivity contribution in [2.24, 2.45) is 7.05 Å². The van der Waals surface area contributed by atoms with Crippen molar-refractivity contribution >= 4 is 11.5 Å². The van der Waals surface area contributed by atoms with E-state index < -0.39 is 0 Å². The second kappa shape index (κ2) is 4.71. The molecule has 1 N–H and O–H groups in total. The lowest BCUT2D eigenvalue weighted by molar-refractivity contribution is 0.644. The number of hydrogen-bond acceptors (Lipinski definition) is 5. The van der Waals surface area contributed by atoms with Crippen LogP contribution in [-0.2, 0) is 13.5 Å². The summed E-state index contributed by atoms with van der Waals surface area (Å²) in [5.41, 5.74) is 2.06. The summed E-state index contributed by atoms with van der Waals surface area (Å²) in [5.74, 6) is 0. The topological polar surface area (TPSA) is 55.6 Å². The molecule has 86 valence electrons. The summed E-state index contributed by atoms with van der Waals surface area (Å²) in [6.45, 7) is 2.09. The standard InChI is InChI=1S/C10H15N5S/c1-4-7-10(16-14-12-7)9(11-2)8-5-6-15(3)13-8/h5-6,9,11H,4H2,1-3H3. The van der Waals surface area contributed by atoms with Gasteiger partial charge in [0.25, 0.3) is 0 Å². The minimum absolute atomic E-state index is 0.0937. The van der Waals surface area contributed by atoms with Crippen LogP contribution in [0, 0.1) is 0 Å². The Bertz CT molecular complexity index is 461. The first-order chi connectivity index (χ1) is 7.76. The summed E-state index contributed by atoms with van der Waals surface area (Å²) in [6.07, 6.45) is 2.84. The van der Waals surface area contributed by atoms with Crippen molar-refractivity contribution in [3.63, 3.8) is 0 Å². The average Bonchev–Trinajstić information content (AvgIpc) is 2.89. The molecule has 2 aromatic rings. The van der Waals surface area contributed by atoms with Gasteiger partial charge in [-0.05, 0) is 31.1 Å². The molecule has 2 heterocycles. The van der Waals surface area contributed by atoms with Crippen LogP contribution in [0.5, 0.6) is 0 Å². The zero-order valence-electron chi connectivity index (χ0n) is 9.64. The molecule has 0 fully saturated rings. The Hall–Kier alpha value is -1.27. The molecule has 5 nitrogen and oxygen atoms in total. The first kappa shape index (κ1) is 11.2. The van der Waals surface area contributed by atoms with Crippen molar-refractivity contribution in [1.29, 1.82) is 0 Å². The molecule has 0 spiro atoms. The Morgan fingerprint density at radius 1 is 1.56 bits per heavy atom. The van der Waals surface area contributed by atoms with Gasteiger partial charge in [-0.3, -0.25) is 4.68 Å². The molecular formula is C10H15N5S. The van der Waals surface area contributed by atoms with Gasteiger partial charge in [-0.25, -0.2) is 0 Å². The van der Waals surface area contributed by atoms with Gasteiger partial charge in [-0.15, -0.1) is 5.10 Å². The predicted molar refractivity (Wildman–Crippen MR) is 63.4 cm³/mol. The van der Waals surface area contributed by atoms with E-state index in [4.69, 9.17) is 0 Å². The Morgan fingerprint density at radius 2 is 2.38 bits per heavy atom. The molecule has 0 aromatic carbocycles. The first-order valence-electron chi connectivity index (χ1n) is 5.24. The summed E-state index contributed by atoms with van der Waals surface area (Å²) in [5, 5.41) is 11.8. The molecule has 0 saturated carbocycles. The fourth-order valence-corrected chi connectivity index (χ4v) is 2.54. The molecule has 1 atom stereocenters. The molecule has 0 amide bonds. The third kappa shape index (κ3) is 1.98. The number of aryl methyl sites for hydroxylation is 2. The SMILES string of the molecule is CCc1nnsc1C(NC)c1ccn(C)n1. The third-order valence-corrected chi connectivity index (χ3v) is 3.33. The van der Waals surface area contributed by atoms with E-state index in [0.29, 0.717) is 0 Å². The van der Waals surface area contributed by atoms with Crippen LogP contribution in [0.4, 0.5) is 0 Å². The molecule has 2 aromatic heterocycles. The predicted octanol–water partition coefficient (Wildman–Crippen LogP) is 1.14. The van der Waals surface area contributed by atoms with E-state index in [1.165, 1.54) is 11.5 Å². The molecule has 1 unspecified atom stereocenters. The fraction of sp³-hybridized carbons (Fsp3) is 0.500. The molecule has 6 heteroatoms. The van der Waals surface area contributed by atoms with Gasteiger partial charge in [-0.2, -0.15) is 5.10 Å². The highest BCUT2D eigenvalue weighted by Gasteiger charge is 2.20. The van der Waals surface area contributed by atoms with Crippen molar-refractivity contribution in [1.82, 2.24) is 24.7 Å². The number of nitrogens with zero attached hydrogens (tertiary/aromatic N) is 4. The second-order valence-electron chi connectivity index (χ2n) is 3.57. The maximum atomic E-state index is 4.42. The Kier molecular flexibility index (Phi) is 3.31. The van der Waals surface area contributed by atoms with E-state index in [-0.39, 0.29) is 6.04 Å². The number of aromatic nitrogens is 4. The van der Waals surface area contributed by atoms with Crippen LogP contribution in [0.15, 0.2) is 12.3 Å². The largest absolute Gasteiger partial charge is 0.307 e. The molecule has 0 aliphatic carbocycles. The van der Waals surface area contributed by atoms with Gasteiger partial charge in [0.05, 0.1) is 22.3 Å². The quantitative estimate of drug-likeness (QED) is 0.866. The molecule has 0 aliphatic heterocycles. The Morgan fingerprint density at radius 3 is 2.94 bits per heavy atom. The van der Waals surface area contributed by atoms with E-state index in [1.807, 2.05) is 26.4 Å². The zero-order valence-corrected chi connectivity index (χ0v) is 10.5. The van der Waals surface area contributed by atoms with Gasteiger partial charge >= 0.3 is 0 Å². The molecule has 0 radical (unpaired) electrons. The molecule has 16 heavy (non-hydrogen) atoms. The van der Waals surface area contributed by atoms with E-state index in [9.17, 15) is 0 Å². The van der Waals surface area contributed by atoms with Crippen LogP contribution in [0.1, 0.15) is 29.2 Å². The summed E-state index contributed by atoms with van der Waals surface area (Å²) >= 11 is 1.44. The monoisotopic (exact) mass is 237 g/mol. The summed E-state index contributed by atoms with van der Waals surface area (Å²) in [6, 6.07) is 2.11. The van der Waals surface area contributed by atoms with Crippen LogP contribution < -0.4 is 5.32 Å². The number of nitrogens with one attached hydrogen (secondary N) is 1. The van der Waals surface area contributed by atoms with Gasteiger partial charge in [0, 0.05) is 13.2 Å². The van der Waals surface area contributed by atoms with Gasteiger partial charge in [0.2, 0.25) is 0 Å². The van der Waals surface area contributed by atoms with Crippen LogP contribution in [-0.4, -0.2) is 26.4 Å².